The molecule has 4 rings (SSSR count). The van der Waals surface area contributed by atoms with Gasteiger partial charge in [-0.05, 0) is 54.2 Å². The molecule has 41 heavy (non-hydrogen) atoms. The maximum absolute atomic E-state index is 13.2. The number of carbonyl (C=O) groups is 2. The lowest BCUT2D eigenvalue weighted by Gasteiger charge is -2.34. The molecule has 0 radical (unpaired) electrons. The third-order valence-corrected chi connectivity index (χ3v) is 8.44. The summed E-state index contributed by atoms with van der Waals surface area (Å²) >= 11 is 0. The van der Waals surface area contributed by atoms with E-state index in [4.69, 9.17) is 0 Å². The number of carboxylic acids is 1. The number of nitrogens with one attached hydrogen (secondary N) is 3. The van der Waals surface area contributed by atoms with Gasteiger partial charge in [-0.2, -0.15) is 4.72 Å². The van der Waals surface area contributed by atoms with Crippen molar-refractivity contribution < 1.29 is 23.1 Å². The van der Waals surface area contributed by atoms with Crippen LogP contribution in [0.4, 0.5) is 11.6 Å². The van der Waals surface area contributed by atoms with Crippen LogP contribution < -0.4 is 20.3 Å². The molecule has 218 valence electrons. The monoisotopic (exact) mass is 580 g/mol. The topological polar surface area (TPSA) is 154 Å². The zero-order chi connectivity index (χ0) is 29.6. The summed E-state index contributed by atoms with van der Waals surface area (Å²) in [6.07, 6.45) is 5.13. The number of hydrogen-bond acceptors (Lipinski definition) is 8. The van der Waals surface area contributed by atoms with E-state index in [1.54, 1.807) is 54.9 Å². The predicted molar refractivity (Wildman–Crippen MR) is 157 cm³/mol. The van der Waals surface area contributed by atoms with Crippen LogP contribution in [0.3, 0.4) is 0 Å². The van der Waals surface area contributed by atoms with Gasteiger partial charge in [0.1, 0.15) is 6.04 Å². The number of carbonyl (C=O) groups excluding carboxylic acids is 1. The molecule has 1 amide bonds. The molecule has 11 nitrogen and oxygen atoms in total. The van der Waals surface area contributed by atoms with Gasteiger partial charge < -0.3 is 20.6 Å². The summed E-state index contributed by atoms with van der Waals surface area (Å²) in [7, 11) is -4.18. The summed E-state index contributed by atoms with van der Waals surface area (Å²) in [4.78, 5) is 35.5. The molecule has 0 spiro atoms. The number of amides is 1. The Hall–Kier alpha value is -4.03. The van der Waals surface area contributed by atoms with Crippen molar-refractivity contribution in [3.63, 3.8) is 0 Å². The average Bonchev–Trinajstić information content (AvgIpc) is 2.95. The SMILES string of the molecule is CC(C)(C)c1ccccc1S(=O)(=O)N[C@@H](CNC(=O)c1cccc(N2CCC(Nc3ncccn3)CC2)c1)C(=O)O. The highest BCUT2D eigenvalue weighted by Gasteiger charge is 2.30. The van der Waals surface area contributed by atoms with Crippen LogP contribution in [0.25, 0.3) is 0 Å². The molecular formula is C29H36N6O5S. The van der Waals surface area contributed by atoms with Crippen LogP contribution in [0.2, 0.25) is 0 Å². The number of carboxylic acid groups (broad SMARTS) is 1. The van der Waals surface area contributed by atoms with E-state index < -0.39 is 39.9 Å². The minimum Gasteiger partial charge on any atom is -0.480 e. The molecule has 1 aromatic heterocycles. The molecule has 1 aliphatic heterocycles. The van der Waals surface area contributed by atoms with Gasteiger partial charge in [-0.25, -0.2) is 18.4 Å². The first-order valence-electron chi connectivity index (χ1n) is 13.5. The Morgan fingerprint density at radius 1 is 1.02 bits per heavy atom. The van der Waals surface area contributed by atoms with Crippen LogP contribution in [-0.2, 0) is 20.2 Å². The third kappa shape index (κ3) is 7.80. The maximum atomic E-state index is 13.2. The van der Waals surface area contributed by atoms with Crippen molar-refractivity contribution in [1.29, 1.82) is 0 Å². The highest BCUT2D eigenvalue weighted by atomic mass is 32.2. The summed E-state index contributed by atoms with van der Waals surface area (Å²) in [6.45, 7) is 6.76. The number of benzene rings is 2. The van der Waals surface area contributed by atoms with Gasteiger partial charge in [0.15, 0.2) is 0 Å². The molecule has 2 heterocycles. The van der Waals surface area contributed by atoms with Gasteiger partial charge >= 0.3 is 5.97 Å². The maximum Gasteiger partial charge on any atom is 0.323 e. The van der Waals surface area contributed by atoms with Gasteiger partial charge in [0.25, 0.3) is 5.91 Å². The van der Waals surface area contributed by atoms with Gasteiger partial charge in [0.2, 0.25) is 16.0 Å². The molecule has 1 aliphatic rings. The Balaban J connectivity index is 1.37. The first-order chi connectivity index (χ1) is 19.4. The second-order valence-corrected chi connectivity index (χ2v) is 12.7. The van der Waals surface area contributed by atoms with E-state index in [2.05, 4.69) is 30.2 Å². The van der Waals surface area contributed by atoms with Gasteiger partial charge in [0.05, 0.1) is 4.90 Å². The van der Waals surface area contributed by atoms with Crippen LogP contribution in [0.5, 0.6) is 0 Å². The lowest BCUT2D eigenvalue weighted by atomic mass is 9.87. The number of nitrogens with zero attached hydrogens (tertiary/aromatic N) is 3. The molecular weight excluding hydrogens is 544 g/mol. The molecule has 2 aromatic carbocycles. The summed E-state index contributed by atoms with van der Waals surface area (Å²) in [6, 6.07) is 14.0. The Morgan fingerprint density at radius 3 is 2.37 bits per heavy atom. The predicted octanol–water partition coefficient (Wildman–Crippen LogP) is 3.02. The van der Waals surface area contributed by atoms with E-state index in [9.17, 15) is 23.1 Å². The second-order valence-electron chi connectivity index (χ2n) is 11.0. The summed E-state index contributed by atoms with van der Waals surface area (Å²) in [5.41, 5.74) is 1.31. The van der Waals surface area contributed by atoms with Crippen LogP contribution in [0.15, 0.2) is 71.9 Å². The molecule has 0 saturated carbocycles. The summed E-state index contributed by atoms with van der Waals surface area (Å²) < 4.78 is 28.6. The molecule has 1 fully saturated rings. The lowest BCUT2D eigenvalue weighted by Crippen LogP contribution is -2.48. The van der Waals surface area contributed by atoms with E-state index in [0.29, 0.717) is 17.1 Å². The first-order valence-corrected chi connectivity index (χ1v) is 14.9. The Bertz CT molecular complexity index is 1470. The number of anilines is 2. The molecule has 0 bridgehead atoms. The minimum absolute atomic E-state index is 0.00745. The third-order valence-electron chi connectivity index (χ3n) is 6.91. The lowest BCUT2D eigenvalue weighted by molar-refractivity contribution is -0.138. The number of aromatic nitrogens is 2. The fourth-order valence-corrected chi connectivity index (χ4v) is 6.34. The first kappa shape index (κ1) is 29.9. The van der Waals surface area contributed by atoms with Crippen molar-refractivity contribution in [3.8, 4) is 0 Å². The minimum atomic E-state index is -4.18. The molecule has 1 saturated heterocycles. The highest BCUT2D eigenvalue weighted by molar-refractivity contribution is 7.89. The smallest absolute Gasteiger partial charge is 0.323 e. The van der Waals surface area contributed by atoms with Crippen molar-refractivity contribution in [3.05, 3.63) is 78.1 Å². The van der Waals surface area contributed by atoms with E-state index in [-0.39, 0.29) is 10.9 Å². The number of rotatable bonds is 10. The quantitative estimate of drug-likeness (QED) is 0.283. The van der Waals surface area contributed by atoms with E-state index in [1.165, 1.54) is 6.07 Å². The molecule has 3 aromatic rings. The average molecular weight is 581 g/mol. The van der Waals surface area contributed by atoms with Gasteiger partial charge in [-0.1, -0.05) is 45.0 Å². The fourth-order valence-electron chi connectivity index (χ4n) is 4.73. The molecule has 0 unspecified atom stereocenters. The van der Waals surface area contributed by atoms with E-state index >= 15 is 0 Å². The molecule has 12 heteroatoms. The van der Waals surface area contributed by atoms with Gasteiger partial charge in [-0.15, -0.1) is 0 Å². The fraction of sp³-hybridized carbons (Fsp3) is 0.379. The van der Waals surface area contributed by atoms with Crippen molar-refractivity contribution >= 4 is 33.5 Å². The van der Waals surface area contributed by atoms with E-state index in [1.807, 2.05) is 26.8 Å². The molecule has 0 aliphatic carbocycles. The summed E-state index contributed by atoms with van der Waals surface area (Å²) in [5, 5.41) is 15.6. The zero-order valence-electron chi connectivity index (χ0n) is 23.4. The van der Waals surface area contributed by atoms with Gasteiger partial charge in [-0.3, -0.25) is 9.59 Å². The van der Waals surface area contributed by atoms with Crippen LogP contribution >= 0.6 is 0 Å². The van der Waals surface area contributed by atoms with E-state index in [0.717, 1.165) is 31.6 Å². The number of piperidine rings is 1. The Kier molecular flexibility index (Phi) is 9.24. The van der Waals surface area contributed by atoms with Crippen LogP contribution in [0, 0.1) is 0 Å². The standard InChI is InChI=1S/C29H36N6O5S/c1-29(2,3)23-10-4-5-11-25(23)41(39,40)34-24(27(37)38)19-32-26(36)20-8-6-9-22(18-20)35-16-12-21(13-17-35)33-28-30-14-7-15-31-28/h4-11,14-15,18,21,24,34H,12-13,16-17,19H2,1-3H3,(H,32,36)(H,37,38)(H,30,31,33)/t24-/m0/s1. The van der Waals surface area contributed by atoms with Crippen molar-refractivity contribution in [2.24, 2.45) is 0 Å². The van der Waals surface area contributed by atoms with Crippen LogP contribution in [0.1, 0.15) is 49.5 Å². The van der Waals surface area contributed by atoms with Crippen molar-refractivity contribution in [2.45, 2.75) is 56.0 Å². The van der Waals surface area contributed by atoms with Crippen molar-refractivity contribution in [1.82, 2.24) is 20.0 Å². The molecule has 1 atom stereocenters. The highest BCUT2D eigenvalue weighted by Crippen LogP contribution is 2.29. The summed E-state index contributed by atoms with van der Waals surface area (Å²) in [5.74, 6) is -1.29. The largest absolute Gasteiger partial charge is 0.480 e. The Labute approximate surface area is 240 Å². The molecule has 4 N–H and O–H groups in total. The Morgan fingerprint density at radius 2 is 1.71 bits per heavy atom. The van der Waals surface area contributed by atoms with Crippen molar-refractivity contribution in [2.75, 3.05) is 29.9 Å². The number of aliphatic carboxylic acids is 1. The van der Waals surface area contributed by atoms with Gasteiger partial charge in [0, 0.05) is 49.3 Å². The number of hydrogen-bond donors (Lipinski definition) is 4. The number of sulfonamides is 1. The second kappa shape index (κ2) is 12.6. The van der Waals surface area contributed by atoms with Crippen LogP contribution in [-0.4, -0.2) is 67.1 Å². The zero-order valence-corrected chi connectivity index (χ0v) is 24.2. The normalized spacial score (nSPS) is 15.2.